The molecule has 24 heavy (non-hydrogen) atoms. The van der Waals surface area contributed by atoms with Crippen molar-refractivity contribution >= 4 is 11.6 Å². The van der Waals surface area contributed by atoms with E-state index in [2.05, 4.69) is 15.5 Å². The predicted molar refractivity (Wildman–Crippen MR) is 91.0 cm³/mol. The van der Waals surface area contributed by atoms with E-state index in [9.17, 15) is 4.79 Å². The molecule has 0 saturated heterocycles. The predicted octanol–water partition coefficient (Wildman–Crippen LogP) is 2.17. The lowest BCUT2D eigenvalue weighted by Crippen LogP contribution is -2.30. The van der Waals surface area contributed by atoms with Crippen molar-refractivity contribution < 1.29 is 9.53 Å². The van der Waals surface area contributed by atoms with Gasteiger partial charge in [0.25, 0.3) is 5.91 Å². The molecular formula is C18H20N4O2. The van der Waals surface area contributed by atoms with E-state index >= 15 is 0 Å². The van der Waals surface area contributed by atoms with E-state index < -0.39 is 0 Å². The molecule has 0 unspecified atom stereocenters. The van der Waals surface area contributed by atoms with Gasteiger partial charge in [-0.2, -0.15) is 0 Å². The number of benzene rings is 1. The van der Waals surface area contributed by atoms with Crippen molar-refractivity contribution in [3.63, 3.8) is 0 Å². The maximum Gasteiger partial charge on any atom is 0.257 e. The van der Waals surface area contributed by atoms with Crippen molar-refractivity contribution in [1.82, 2.24) is 19.9 Å². The first kappa shape index (κ1) is 16.0. The molecule has 0 spiro atoms. The second kappa shape index (κ2) is 7.59. The van der Waals surface area contributed by atoms with Crippen molar-refractivity contribution in [3.05, 3.63) is 60.0 Å². The summed E-state index contributed by atoms with van der Waals surface area (Å²) in [5.41, 5.74) is 2.00. The molecule has 0 fully saturated rings. The molecule has 3 aromatic rings. The average Bonchev–Trinajstić information content (AvgIpc) is 3.01. The zero-order valence-electron chi connectivity index (χ0n) is 13.6. The molecule has 0 radical (unpaired) electrons. The van der Waals surface area contributed by atoms with E-state index in [-0.39, 0.29) is 12.5 Å². The van der Waals surface area contributed by atoms with Crippen LogP contribution in [-0.2, 0) is 11.2 Å². The molecule has 1 amide bonds. The van der Waals surface area contributed by atoms with E-state index in [1.807, 2.05) is 60.0 Å². The molecule has 1 aromatic carbocycles. The summed E-state index contributed by atoms with van der Waals surface area (Å²) >= 11 is 0. The average molecular weight is 324 g/mol. The largest absolute Gasteiger partial charge is 0.484 e. The summed E-state index contributed by atoms with van der Waals surface area (Å²) in [5, 5.41) is 11.1. The molecule has 2 aromatic heterocycles. The van der Waals surface area contributed by atoms with Crippen molar-refractivity contribution in [2.45, 2.75) is 19.8 Å². The fraction of sp³-hybridized carbons (Fsp3) is 0.278. The van der Waals surface area contributed by atoms with Crippen molar-refractivity contribution in [3.8, 4) is 5.75 Å². The topological polar surface area (TPSA) is 68.5 Å². The fourth-order valence-electron chi connectivity index (χ4n) is 2.37. The number of carbonyl (C=O) groups excluding carboxylic acids is 1. The monoisotopic (exact) mass is 324 g/mol. The van der Waals surface area contributed by atoms with Crippen LogP contribution in [0.5, 0.6) is 5.75 Å². The minimum Gasteiger partial charge on any atom is -0.484 e. The van der Waals surface area contributed by atoms with Crippen LogP contribution in [0.3, 0.4) is 0 Å². The van der Waals surface area contributed by atoms with E-state index in [1.165, 1.54) is 0 Å². The summed E-state index contributed by atoms with van der Waals surface area (Å²) in [4.78, 5) is 11.8. The van der Waals surface area contributed by atoms with E-state index in [4.69, 9.17) is 4.74 Å². The Bertz CT molecular complexity index is 811. The number of nitrogens with zero attached hydrogens (tertiary/aromatic N) is 3. The van der Waals surface area contributed by atoms with Crippen LogP contribution in [0.1, 0.15) is 17.8 Å². The first-order valence-electron chi connectivity index (χ1n) is 7.97. The van der Waals surface area contributed by atoms with Crippen LogP contribution in [0.4, 0.5) is 0 Å². The summed E-state index contributed by atoms with van der Waals surface area (Å²) < 4.78 is 7.41. The van der Waals surface area contributed by atoms with Gasteiger partial charge < -0.3 is 10.1 Å². The molecule has 6 nitrogen and oxygen atoms in total. The quantitative estimate of drug-likeness (QED) is 0.676. The van der Waals surface area contributed by atoms with Crippen molar-refractivity contribution in [2.24, 2.45) is 0 Å². The van der Waals surface area contributed by atoms with Crippen LogP contribution >= 0.6 is 0 Å². The molecule has 0 aliphatic carbocycles. The third-order valence-electron chi connectivity index (χ3n) is 3.67. The second-order valence-electron chi connectivity index (χ2n) is 5.60. The summed E-state index contributed by atoms with van der Waals surface area (Å²) in [6.45, 7) is 2.61. The molecule has 124 valence electrons. The Kier molecular flexibility index (Phi) is 5.05. The summed E-state index contributed by atoms with van der Waals surface area (Å²) in [6, 6.07) is 13.4. The molecule has 3 rings (SSSR count). The number of nitrogens with one attached hydrogen (secondary N) is 1. The number of amides is 1. The van der Waals surface area contributed by atoms with Crippen LogP contribution in [0.2, 0.25) is 0 Å². The Hall–Kier alpha value is -2.89. The zero-order chi connectivity index (χ0) is 16.8. The molecular weight excluding hydrogens is 304 g/mol. The normalized spacial score (nSPS) is 10.7. The van der Waals surface area contributed by atoms with Gasteiger partial charge in [-0.3, -0.25) is 9.20 Å². The Morgan fingerprint density at radius 2 is 2.00 bits per heavy atom. The van der Waals surface area contributed by atoms with Crippen molar-refractivity contribution in [2.75, 3.05) is 13.2 Å². The van der Waals surface area contributed by atoms with Crippen LogP contribution in [0.15, 0.2) is 48.7 Å². The van der Waals surface area contributed by atoms with Gasteiger partial charge in [-0.05, 0) is 37.6 Å². The lowest BCUT2D eigenvalue weighted by atomic mass is 10.2. The highest BCUT2D eigenvalue weighted by Gasteiger charge is 2.05. The number of ether oxygens (including phenoxy) is 1. The number of aromatic nitrogens is 3. The first-order valence-corrected chi connectivity index (χ1v) is 7.97. The lowest BCUT2D eigenvalue weighted by Gasteiger charge is -2.07. The Labute approximate surface area is 140 Å². The Balaban J connectivity index is 1.38. The smallest absolute Gasteiger partial charge is 0.257 e. The zero-order valence-corrected chi connectivity index (χ0v) is 13.6. The molecule has 2 heterocycles. The fourth-order valence-corrected chi connectivity index (χ4v) is 2.37. The number of hydrogen-bond donors (Lipinski definition) is 1. The molecule has 0 bridgehead atoms. The number of aryl methyl sites for hydroxylation is 2. The van der Waals surface area contributed by atoms with Gasteiger partial charge in [0.1, 0.15) is 11.6 Å². The molecule has 0 saturated carbocycles. The van der Waals surface area contributed by atoms with Gasteiger partial charge in [0.05, 0.1) is 0 Å². The van der Waals surface area contributed by atoms with Crippen LogP contribution in [0, 0.1) is 6.92 Å². The highest BCUT2D eigenvalue weighted by Crippen LogP contribution is 2.11. The van der Waals surface area contributed by atoms with Gasteiger partial charge in [-0.1, -0.05) is 23.8 Å². The van der Waals surface area contributed by atoms with Gasteiger partial charge in [0, 0.05) is 19.2 Å². The van der Waals surface area contributed by atoms with Gasteiger partial charge in [0.2, 0.25) is 0 Å². The SMILES string of the molecule is Cc1ccc(OCC(=O)NCCCc2nnc3ccccn23)cc1. The van der Waals surface area contributed by atoms with Crippen LogP contribution < -0.4 is 10.1 Å². The molecule has 0 aliphatic heterocycles. The van der Waals surface area contributed by atoms with Crippen LogP contribution in [-0.4, -0.2) is 33.7 Å². The highest BCUT2D eigenvalue weighted by molar-refractivity contribution is 5.77. The maximum atomic E-state index is 11.8. The Morgan fingerprint density at radius 3 is 2.83 bits per heavy atom. The van der Waals surface area contributed by atoms with Crippen molar-refractivity contribution in [1.29, 1.82) is 0 Å². The molecule has 6 heteroatoms. The summed E-state index contributed by atoms with van der Waals surface area (Å²) in [5.74, 6) is 1.48. The molecule has 1 N–H and O–H groups in total. The standard InChI is InChI=1S/C18H20N4O2/c1-14-7-9-15(10-8-14)24-13-18(23)19-11-4-6-17-21-20-16-5-2-3-12-22(16)17/h2-3,5,7-10,12H,4,6,11,13H2,1H3,(H,19,23). The van der Waals surface area contributed by atoms with E-state index in [0.717, 1.165) is 29.9 Å². The lowest BCUT2D eigenvalue weighted by molar-refractivity contribution is -0.123. The van der Waals surface area contributed by atoms with Gasteiger partial charge in [-0.15, -0.1) is 10.2 Å². The van der Waals surface area contributed by atoms with Crippen LogP contribution in [0.25, 0.3) is 5.65 Å². The number of carbonyl (C=O) groups is 1. The molecule has 0 aliphatic rings. The van der Waals surface area contributed by atoms with Gasteiger partial charge >= 0.3 is 0 Å². The number of rotatable bonds is 7. The minimum absolute atomic E-state index is 0.0247. The summed E-state index contributed by atoms with van der Waals surface area (Å²) in [6.07, 6.45) is 3.49. The maximum absolute atomic E-state index is 11.8. The second-order valence-corrected chi connectivity index (χ2v) is 5.60. The first-order chi connectivity index (χ1) is 11.7. The Morgan fingerprint density at radius 1 is 1.17 bits per heavy atom. The third kappa shape index (κ3) is 4.10. The summed E-state index contributed by atoms with van der Waals surface area (Å²) in [7, 11) is 0. The number of pyridine rings is 1. The number of hydrogen-bond acceptors (Lipinski definition) is 4. The minimum atomic E-state index is -0.123. The molecule has 0 atom stereocenters. The third-order valence-corrected chi connectivity index (χ3v) is 3.67. The van der Waals surface area contributed by atoms with Gasteiger partial charge in [-0.25, -0.2) is 0 Å². The van der Waals surface area contributed by atoms with Gasteiger partial charge in [0.15, 0.2) is 12.3 Å². The highest BCUT2D eigenvalue weighted by atomic mass is 16.5. The van der Waals surface area contributed by atoms with E-state index in [0.29, 0.717) is 12.3 Å². The van der Waals surface area contributed by atoms with E-state index in [1.54, 1.807) is 0 Å². The number of fused-ring (bicyclic) bond motifs is 1.